The first-order valence-electron chi connectivity index (χ1n) is 6.68. The maximum atomic E-state index is 12.6. The van der Waals surface area contributed by atoms with E-state index in [9.17, 15) is 31.2 Å². The van der Waals surface area contributed by atoms with Gasteiger partial charge in [-0.3, -0.25) is 9.59 Å². The second kappa shape index (κ2) is 8.11. The number of hydrogen-bond acceptors (Lipinski definition) is 4. The summed E-state index contributed by atoms with van der Waals surface area (Å²) in [6, 6.07) is 3.12. The number of alkyl halides is 3. The molecule has 134 valence electrons. The fourth-order valence-corrected chi connectivity index (χ4v) is 2.64. The number of sulfonamides is 1. The highest BCUT2D eigenvalue weighted by Gasteiger charge is 2.31. The SMILES string of the molecule is O=C(O)CCCNC(=O)CNS(=O)(=O)c1cccc(C(F)(F)F)c1. The smallest absolute Gasteiger partial charge is 0.416 e. The molecule has 0 saturated heterocycles. The van der Waals surface area contributed by atoms with Crippen LogP contribution in [0, 0.1) is 0 Å². The van der Waals surface area contributed by atoms with E-state index < -0.39 is 45.1 Å². The predicted octanol–water partition coefficient (Wildman–Crippen LogP) is 0.965. The summed E-state index contributed by atoms with van der Waals surface area (Å²) >= 11 is 0. The van der Waals surface area contributed by atoms with Crippen LogP contribution in [0.1, 0.15) is 18.4 Å². The predicted molar refractivity (Wildman–Crippen MR) is 76.5 cm³/mol. The van der Waals surface area contributed by atoms with Gasteiger partial charge in [-0.25, -0.2) is 13.1 Å². The molecule has 0 aromatic heterocycles. The quantitative estimate of drug-likeness (QED) is 0.592. The topological polar surface area (TPSA) is 113 Å². The van der Waals surface area contributed by atoms with Gasteiger partial charge in [0.25, 0.3) is 0 Å². The minimum atomic E-state index is -4.69. The lowest BCUT2D eigenvalue weighted by Crippen LogP contribution is -2.37. The van der Waals surface area contributed by atoms with Crippen LogP contribution in [-0.4, -0.2) is 38.5 Å². The molecule has 0 bridgehead atoms. The summed E-state index contributed by atoms with van der Waals surface area (Å²) in [6.07, 6.45) is -4.68. The van der Waals surface area contributed by atoms with E-state index in [0.29, 0.717) is 6.07 Å². The molecule has 11 heteroatoms. The molecule has 1 aromatic rings. The van der Waals surface area contributed by atoms with Crippen LogP contribution in [0.3, 0.4) is 0 Å². The van der Waals surface area contributed by atoms with Crippen LogP contribution in [0.2, 0.25) is 0 Å². The Labute approximate surface area is 135 Å². The minimum absolute atomic E-state index is 0.0381. The van der Waals surface area contributed by atoms with E-state index in [4.69, 9.17) is 5.11 Å². The maximum Gasteiger partial charge on any atom is 0.416 e. The van der Waals surface area contributed by atoms with Gasteiger partial charge in [0.15, 0.2) is 0 Å². The number of carboxylic acids is 1. The van der Waals surface area contributed by atoms with Gasteiger partial charge >= 0.3 is 12.1 Å². The van der Waals surface area contributed by atoms with E-state index in [1.807, 2.05) is 4.72 Å². The molecule has 0 unspecified atom stereocenters. The van der Waals surface area contributed by atoms with E-state index in [-0.39, 0.29) is 19.4 Å². The van der Waals surface area contributed by atoms with Crippen LogP contribution in [0.4, 0.5) is 13.2 Å². The molecule has 0 aliphatic rings. The Morgan fingerprint density at radius 1 is 1.21 bits per heavy atom. The number of carboxylic acid groups (broad SMARTS) is 1. The van der Waals surface area contributed by atoms with E-state index in [2.05, 4.69) is 5.32 Å². The number of rotatable bonds is 8. The van der Waals surface area contributed by atoms with Gasteiger partial charge in [-0.05, 0) is 24.6 Å². The fourth-order valence-electron chi connectivity index (χ4n) is 1.61. The maximum absolute atomic E-state index is 12.6. The number of halogens is 3. The summed E-state index contributed by atoms with van der Waals surface area (Å²) in [6.45, 7) is -0.637. The van der Waals surface area contributed by atoms with Gasteiger partial charge in [-0.15, -0.1) is 0 Å². The molecule has 0 radical (unpaired) electrons. The Kier molecular flexibility index (Phi) is 6.72. The third-order valence-corrected chi connectivity index (χ3v) is 4.18. The van der Waals surface area contributed by atoms with E-state index >= 15 is 0 Å². The van der Waals surface area contributed by atoms with Gasteiger partial charge in [0.1, 0.15) is 0 Å². The number of amides is 1. The Morgan fingerprint density at radius 3 is 2.46 bits per heavy atom. The zero-order valence-corrected chi connectivity index (χ0v) is 13.1. The third-order valence-electron chi connectivity index (χ3n) is 2.78. The molecule has 3 N–H and O–H groups in total. The average molecular weight is 368 g/mol. The molecule has 0 fully saturated rings. The van der Waals surface area contributed by atoms with Gasteiger partial charge in [0.05, 0.1) is 17.0 Å². The molecule has 1 rings (SSSR count). The zero-order chi connectivity index (χ0) is 18.4. The van der Waals surface area contributed by atoms with Gasteiger partial charge < -0.3 is 10.4 Å². The van der Waals surface area contributed by atoms with Crippen LogP contribution >= 0.6 is 0 Å². The Morgan fingerprint density at radius 2 is 1.88 bits per heavy atom. The second-order valence-corrected chi connectivity index (χ2v) is 6.46. The summed E-state index contributed by atoms with van der Waals surface area (Å²) in [7, 11) is -4.29. The number of carbonyl (C=O) groups excluding carboxylic acids is 1. The minimum Gasteiger partial charge on any atom is -0.481 e. The molecule has 1 amide bonds. The van der Waals surface area contributed by atoms with Crippen LogP contribution < -0.4 is 10.0 Å². The van der Waals surface area contributed by atoms with Crippen molar-refractivity contribution in [1.29, 1.82) is 0 Å². The van der Waals surface area contributed by atoms with Crippen LogP contribution in [0.25, 0.3) is 0 Å². The Bertz CT molecular complexity index is 704. The summed E-state index contributed by atoms with van der Waals surface area (Å²) < 4.78 is 63.4. The number of nitrogens with one attached hydrogen (secondary N) is 2. The Balaban J connectivity index is 2.61. The van der Waals surface area contributed by atoms with E-state index in [1.165, 1.54) is 0 Å². The highest BCUT2D eigenvalue weighted by Crippen LogP contribution is 2.30. The van der Waals surface area contributed by atoms with Crippen molar-refractivity contribution in [2.75, 3.05) is 13.1 Å². The molecule has 0 saturated carbocycles. The van der Waals surface area contributed by atoms with Gasteiger partial charge in [0.2, 0.25) is 15.9 Å². The Hall–Kier alpha value is -2.14. The van der Waals surface area contributed by atoms with Crippen molar-refractivity contribution in [3.63, 3.8) is 0 Å². The first-order chi connectivity index (χ1) is 11.0. The summed E-state index contributed by atoms with van der Waals surface area (Å²) in [5.41, 5.74) is -1.12. The number of aliphatic carboxylic acids is 1. The zero-order valence-electron chi connectivity index (χ0n) is 12.3. The third kappa shape index (κ3) is 6.54. The largest absolute Gasteiger partial charge is 0.481 e. The van der Waals surface area contributed by atoms with Crippen molar-refractivity contribution >= 4 is 21.9 Å². The molecule has 0 aliphatic heterocycles. The monoisotopic (exact) mass is 368 g/mol. The first-order valence-corrected chi connectivity index (χ1v) is 8.16. The molecule has 7 nitrogen and oxygen atoms in total. The lowest BCUT2D eigenvalue weighted by Gasteiger charge is -2.10. The molecule has 0 atom stereocenters. The first kappa shape index (κ1) is 19.9. The molecular formula is C13H15F3N2O5S. The molecule has 0 spiro atoms. The summed E-state index contributed by atoms with van der Waals surface area (Å²) in [4.78, 5) is 21.1. The van der Waals surface area contributed by atoms with Gasteiger partial charge in [-0.2, -0.15) is 13.2 Å². The van der Waals surface area contributed by atoms with Crippen molar-refractivity contribution < 1.29 is 36.3 Å². The fraction of sp³-hybridized carbons (Fsp3) is 0.385. The average Bonchev–Trinajstić information content (AvgIpc) is 2.49. The molecule has 1 aromatic carbocycles. The molecule has 0 heterocycles. The normalized spacial score (nSPS) is 12.0. The van der Waals surface area contributed by atoms with Crippen LogP contribution in [-0.2, 0) is 25.8 Å². The molecule has 0 aliphatic carbocycles. The van der Waals surface area contributed by atoms with Crippen LogP contribution in [0.15, 0.2) is 29.2 Å². The van der Waals surface area contributed by atoms with Crippen LogP contribution in [0.5, 0.6) is 0 Å². The summed E-state index contributed by atoms with van der Waals surface area (Å²) in [5, 5.41) is 10.7. The molecular weight excluding hydrogens is 353 g/mol. The highest BCUT2D eigenvalue weighted by molar-refractivity contribution is 7.89. The van der Waals surface area contributed by atoms with Gasteiger partial charge in [0, 0.05) is 13.0 Å². The van der Waals surface area contributed by atoms with Crippen molar-refractivity contribution in [2.24, 2.45) is 0 Å². The standard InChI is InChI=1S/C13H15F3N2O5S/c14-13(15,16)9-3-1-4-10(7-9)24(22,23)18-8-11(19)17-6-2-5-12(20)21/h1,3-4,7,18H,2,5-6,8H2,(H,17,19)(H,20,21). The lowest BCUT2D eigenvalue weighted by atomic mass is 10.2. The van der Waals surface area contributed by atoms with Gasteiger partial charge in [-0.1, -0.05) is 6.07 Å². The second-order valence-electron chi connectivity index (χ2n) is 4.70. The highest BCUT2D eigenvalue weighted by atomic mass is 32.2. The number of benzene rings is 1. The van der Waals surface area contributed by atoms with Crippen molar-refractivity contribution in [3.8, 4) is 0 Å². The van der Waals surface area contributed by atoms with Crippen molar-refractivity contribution in [2.45, 2.75) is 23.9 Å². The number of carbonyl (C=O) groups is 2. The van der Waals surface area contributed by atoms with E-state index in [1.54, 1.807) is 0 Å². The van der Waals surface area contributed by atoms with E-state index in [0.717, 1.165) is 18.2 Å². The van der Waals surface area contributed by atoms with Crippen molar-refractivity contribution in [3.05, 3.63) is 29.8 Å². The lowest BCUT2D eigenvalue weighted by molar-refractivity contribution is -0.138. The number of hydrogen-bond donors (Lipinski definition) is 3. The molecule has 24 heavy (non-hydrogen) atoms. The van der Waals surface area contributed by atoms with Crippen molar-refractivity contribution in [1.82, 2.24) is 10.0 Å². The summed E-state index contributed by atoms with van der Waals surface area (Å²) in [5.74, 6) is -1.76.